The van der Waals surface area contributed by atoms with E-state index >= 15 is 0 Å². The molecule has 2 rings (SSSR count). The Morgan fingerprint density at radius 3 is 2.70 bits per heavy atom. The number of rotatable bonds is 5. The molecule has 0 radical (unpaired) electrons. The van der Waals surface area contributed by atoms with Gasteiger partial charge in [-0.15, -0.1) is 0 Å². The van der Waals surface area contributed by atoms with Gasteiger partial charge in [0.05, 0.1) is 18.3 Å². The van der Waals surface area contributed by atoms with E-state index < -0.39 is 5.82 Å². The van der Waals surface area contributed by atoms with Crippen LogP contribution in [0.4, 0.5) is 10.1 Å². The summed E-state index contributed by atoms with van der Waals surface area (Å²) in [5.41, 5.74) is 0.181. The van der Waals surface area contributed by atoms with Gasteiger partial charge in [-0.05, 0) is 38.1 Å². The molecule has 0 saturated heterocycles. The second-order valence-corrected chi connectivity index (χ2v) is 4.58. The maximum atomic E-state index is 13.4. The monoisotopic (exact) mass is 276 g/mol. The molecule has 0 bridgehead atoms. The molecular formula is C15H17FN2O2. The zero-order valence-corrected chi connectivity index (χ0v) is 11.4. The molecule has 1 unspecified atom stereocenters. The summed E-state index contributed by atoms with van der Waals surface area (Å²) in [6.07, 6.45) is 0. The lowest BCUT2D eigenvalue weighted by Gasteiger charge is -2.11. The van der Waals surface area contributed by atoms with Gasteiger partial charge in [-0.3, -0.25) is 10.1 Å². The van der Waals surface area contributed by atoms with Crippen LogP contribution in [0.2, 0.25) is 0 Å². The van der Waals surface area contributed by atoms with E-state index in [1.165, 1.54) is 12.1 Å². The molecule has 0 aliphatic carbocycles. The highest BCUT2D eigenvalue weighted by Gasteiger charge is 2.11. The van der Waals surface area contributed by atoms with E-state index in [-0.39, 0.29) is 24.2 Å². The lowest BCUT2D eigenvalue weighted by atomic mass is 10.2. The van der Waals surface area contributed by atoms with Crippen LogP contribution in [0.3, 0.4) is 0 Å². The standard InChI is InChI=1S/C15H17FN2O2/c1-10-7-8-14(20-10)11(2)17-9-15(19)18-13-6-4-3-5-12(13)16/h3-8,11,17H,9H2,1-2H3,(H,18,19). The number of anilines is 1. The number of halogens is 1. The minimum Gasteiger partial charge on any atom is -0.465 e. The largest absolute Gasteiger partial charge is 0.465 e. The van der Waals surface area contributed by atoms with Crippen LogP contribution in [-0.2, 0) is 4.79 Å². The average molecular weight is 276 g/mol. The third-order valence-corrected chi connectivity index (χ3v) is 2.90. The van der Waals surface area contributed by atoms with Crippen molar-refractivity contribution in [3.05, 3.63) is 53.7 Å². The van der Waals surface area contributed by atoms with Crippen molar-refractivity contribution in [2.24, 2.45) is 0 Å². The Balaban J connectivity index is 1.85. The fourth-order valence-electron chi connectivity index (χ4n) is 1.79. The van der Waals surface area contributed by atoms with Crippen molar-refractivity contribution in [2.45, 2.75) is 19.9 Å². The lowest BCUT2D eigenvalue weighted by molar-refractivity contribution is -0.115. The summed E-state index contributed by atoms with van der Waals surface area (Å²) in [5, 5.41) is 5.54. The molecule has 5 heteroatoms. The van der Waals surface area contributed by atoms with Gasteiger partial charge in [0.25, 0.3) is 0 Å². The molecule has 1 aromatic heterocycles. The third-order valence-electron chi connectivity index (χ3n) is 2.90. The van der Waals surface area contributed by atoms with Crippen molar-refractivity contribution in [3.8, 4) is 0 Å². The van der Waals surface area contributed by atoms with Crippen molar-refractivity contribution in [2.75, 3.05) is 11.9 Å². The van der Waals surface area contributed by atoms with Crippen LogP contribution < -0.4 is 10.6 Å². The van der Waals surface area contributed by atoms with Crippen molar-refractivity contribution < 1.29 is 13.6 Å². The van der Waals surface area contributed by atoms with Gasteiger partial charge in [0.15, 0.2) is 0 Å². The molecule has 106 valence electrons. The first-order chi connectivity index (χ1) is 9.56. The number of furan rings is 1. The normalized spacial score (nSPS) is 12.2. The van der Waals surface area contributed by atoms with E-state index in [4.69, 9.17) is 4.42 Å². The van der Waals surface area contributed by atoms with E-state index in [0.717, 1.165) is 11.5 Å². The molecule has 1 amide bonds. The molecule has 2 N–H and O–H groups in total. The number of nitrogens with one attached hydrogen (secondary N) is 2. The van der Waals surface area contributed by atoms with Gasteiger partial charge in [-0.25, -0.2) is 4.39 Å². The molecule has 0 aliphatic rings. The lowest BCUT2D eigenvalue weighted by Crippen LogP contribution is -2.30. The fraction of sp³-hybridized carbons (Fsp3) is 0.267. The minimum atomic E-state index is -0.449. The molecule has 1 heterocycles. The number of carbonyl (C=O) groups is 1. The fourth-order valence-corrected chi connectivity index (χ4v) is 1.79. The molecule has 20 heavy (non-hydrogen) atoms. The predicted molar refractivity (Wildman–Crippen MR) is 74.9 cm³/mol. The number of para-hydroxylation sites is 1. The third kappa shape index (κ3) is 3.68. The van der Waals surface area contributed by atoms with Gasteiger partial charge in [-0.2, -0.15) is 0 Å². The van der Waals surface area contributed by atoms with Gasteiger partial charge in [0, 0.05) is 0 Å². The molecule has 0 fully saturated rings. The van der Waals surface area contributed by atoms with Crippen molar-refractivity contribution in [1.29, 1.82) is 0 Å². The van der Waals surface area contributed by atoms with E-state index in [2.05, 4.69) is 10.6 Å². The first-order valence-electron chi connectivity index (χ1n) is 6.40. The summed E-state index contributed by atoms with van der Waals surface area (Å²) in [4.78, 5) is 11.7. The van der Waals surface area contributed by atoms with Gasteiger partial charge < -0.3 is 9.73 Å². The molecule has 4 nitrogen and oxygen atoms in total. The van der Waals surface area contributed by atoms with Gasteiger partial charge >= 0.3 is 0 Å². The number of amides is 1. The van der Waals surface area contributed by atoms with Crippen LogP contribution in [0, 0.1) is 12.7 Å². The summed E-state index contributed by atoms with van der Waals surface area (Å²) in [5.74, 6) is 0.839. The summed E-state index contributed by atoms with van der Waals surface area (Å²) in [7, 11) is 0. The molecule has 1 aromatic carbocycles. The second kappa shape index (κ2) is 6.34. The van der Waals surface area contributed by atoms with Crippen molar-refractivity contribution in [1.82, 2.24) is 5.32 Å². The van der Waals surface area contributed by atoms with Crippen LogP contribution in [0.5, 0.6) is 0 Å². The summed E-state index contributed by atoms with van der Waals surface area (Å²) in [6, 6.07) is 9.71. The quantitative estimate of drug-likeness (QED) is 0.882. The van der Waals surface area contributed by atoms with E-state index in [1.807, 2.05) is 26.0 Å². The Morgan fingerprint density at radius 2 is 2.05 bits per heavy atom. The Bertz CT molecular complexity index is 595. The van der Waals surface area contributed by atoms with Crippen molar-refractivity contribution >= 4 is 11.6 Å². The number of benzene rings is 1. The maximum Gasteiger partial charge on any atom is 0.238 e. The topological polar surface area (TPSA) is 54.3 Å². The van der Waals surface area contributed by atoms with E-state index in [9.17, 15) is 9.18 Å². The van der Waals surface area contributed by atoms with E-state index in [0.29, 0.717) is 0 Å². The molecule has 0 spiro atoms. The Hall–Kier alpha value is -2.14. The van der Waals surface area contributed by atoms with Crippen LogP contribution in [0.25, 0.3) is 0 Å². The number of hydrogen-bond acceptors (Lipinski definition) is 3. The molecule has 1 atom stereocenters. The molecular weight excluding hydrogens is 259 g/mol. The Labute approximate surface area is 117 Å². The second-order valence-electron chi connectivity index (χ2n) is 4.58. The zero-order chi connectivity index (χ0) is 14.5. The van der Waals surface area contributed by atoms with Crippen molar-refractivity contribution in [3.63, 3.8) is 0 Å². The highest BCUT2D eigenvalue weighted by atomic mass is 19.1. The van der Waals surface area contributed by atoms with Crippen LogP contribution in [0.15, 0.2) is 40.8 Å². The number of hydrogen-bond donors (Lipinski definition) is 2. The van der Waals surface area contributed by atoms with Gasteiger partial charge in [-0.1, -0.05) is 12.1 Å². The molecule has 0 saturated carbocycles. The first-order valence-corrected chi connectivity index (χ1v) is 6.40. The Kier molecular flexibility index (Phi) is 4.53. The van der Waals surface area contributed by atoms with Gasteiger partial charge in [0.2, 0.25) is 5.91 Å². The van der Waals surface area contributed by atoms with Gasteiger partial charge in [0.1, 0.15) is 17.3 Å². The van der Waals surface area contributed by atoms with E-state index in [1.54, 1.807) is 12.1 Å². The first kappa shape index (κ1) is 14.3. The zero-order valence-electron chi connectivity index (χ0n) is 11.4. The number of aryl methyl sites for hydroxylation is 1. The maximum absolute atomic E-state index is 13.4. The summed E-state index contributed by atoms with van der Waals surface area (Å²) in [6.45, 7) is 3.84. The summed E-state index contributed by atoms with van der Waals surface area (Å²) < 4.78 is 18.8. The SMILES string of the molecule is Cc1ccc(C(C)NCC(=O)Nc2ccccc2F)o1. The van der Waals surface area contributed by atoms with Crippen LogP contribution >= 0.6 is 0 Å². The van der Waals surface area contributed by atoms with Crippen LogP contribution in [0.1, 0.15) is 24.5 Å². The highest BCUT2D eigenvalue weighted by molar-refractivity contribution is 5.92. The number of carbonyl (C=O) groups excluding carboxylic acids is 1. The average Bonchev–Trinajstić information content (AvgIpc) is 2.85. The predicted octanol–water partition coefficient (Wildman–Crippen LogP) is 3.02. The molecule has 2 aromatic rings. The van der Waals surface area contributed by atoms with Crippen LogP contribution in [-0.4, -0.2) is 12.5 Å². The smallest absolute Gasteiger partial charge is 0.238 e. The molecule has 0 aliphatic heterocycles. The minimum absolute atomic E-state index is 0.0786. The summed E-state index contributed by atoms with van der Waals surface area (Å²) >= 11 is 0. The Morgan fingerprint density at radius 1 is 1.30 bits per heavy atom. The highest BCUT2D eigenvalue weighted by Crippen LogP contribution is 2.15.